The highest BCUT2D eigenvalue weighted by molar-refractivity contribution is 6.34. The lowest BCUT2D eigenvalue weighted by Gasteiger charge is -2.08. The molecule has 0 saturated heterocycles. The molecule has 12 heavy (non-hydrogen) atoms. The van der Waals surface area contributed by atoms with E-state index in [-0.39, 0.29) is 0 Å². The molecule has 2 radical (unpaired) electrons. The van der Waals surface area contributed by atoms with Gasteiger partial charge in [0.15, 0.2) is 6.29 Å². The van der Waals surface area contributed by atoms with Gasteiger partial charge in [0, 0.05) is 0 Å². The Hall–Kier alpha value is -1.25. The molecule has 0 bridgehead atoms. The number of aldehydes is 1. The lowest BCUT2D eigenvalue weighted by Crippen LogP contribution is -2.11. The van der Waals surface area contributed by atoms with Crippen molar-refractivity contribution in [1.29, 1.82) is 0 Å². The number of para-hydroxylation sites is 1. The van der Waals surface area contributed by atoms with E-state index in [1.807, 2.05) is 6.92 Å². The van der Waals surface area contributed by atoms with Gasteiger partial charge < -0.3 is 4.74 Å². The van der Waals surface area contributed by atoms with E-state index in [0.29, 0.717) is 23.4 Å². The van der Waals surface area contributed by atoms with Crippen LogP contribution in [0.1, 0.15) is 17.3 Å². The maximum absolute atomic E-state index is 10.5. The molecule has 3 heteroatoms. The van der Waals surface area contributed by atoms with Crippen molar-refractivity contribution < 1.29 is 9.53 Å². The molecule has 1 aromatic rings. The summed E-state index contributed by atoms with van der Waals surface area (Å²) in [5.74, 6) is 0.481. The zero-order valence-corrected chi connectivity index (χ0v) is 6.91. The summed E-state index contributed by atoms with van der Waals surface area (Å²) in [5.41, 5.74) is 0.998. The summed E-state index contributed by atoms with van der Waals surface area (Å²) in [5, 5.41) is 0. The third kappa shape index (κ3) is 1.67. The Morgan fingerprint density at radius 3 is 2.92 bits per heavy atom. The maximum Gasteiger partial charge on any atom is 0.153 e. The van der Waals surface area contributed by atoms with Gasteiger partial charge in [0.25, 0.3) is 0 Å². The van der Waals surface area contributed by atoms with Gasteiger partial charge in [0.05, 0.1) is 12.2 Å². The van der Waals surface area contributed by atoms with Crippen LogP contribution >= 0.6 is 0 Å². The van der Waals surface area contributed by atoms with E-state index >= 15 is 0 Å². The normalized spacial score (nSPS) is 9.42. The van der Waals surface area contributed by atoms with E-state index < -0.39 is 0 Å². The fraction of sp³-hybridized carbons (Fsp3) is 0.222. The Kier molecular flexibility index (Phi) is 2.91. The number of benzene rings is 1. The minimum atomic E-state index is 0.481. The largest absolute Gasteiger partial charge is 0.494 e. The number of carbonyl (C=O) groups is 1. The summed E-state index contributed by atoms with van der Waals surface area (Å²) in [6, 6.07) is 5.11. The Balaban J connectivity index is 3.10. The van der Waals surface area contributed by atoms with Crippen LogP contribution in [0.2, 0.25) is 0 Å². The van der Waals surface area contributed by atoms with Crippen LogP contribution < -0.4 is 10.2 Å². The molecule has 60 valence electrons. The highest BCUT2D eigenvalue weighted by atomic mass is 16.5. The zero-order chi connectivity index (χ0) is 8.97. The van der Waals surface area contributed by atoms with Crippen LogP contribution in [0.5, 0.6) is 5.75 Å². The molecule has 1 aromatic carbocycles. The number of rotatable bonds is 3. The van der Waals surface area contributed by atoms with Gasteiger partial charge in [0.1, 0.15) is 13.6 Å². The molecule has 0 aromatic heterocycles. The predicted octanol–water partition coefficient (Wildman–Crippen LogP) is 0.692. The molecule has 0 fully saturated rings. The fourth-order valence-corrected chi connectivity index (χ4v) is 0.977. The van der Waals surface area contributed by atoms with E-state index in [4.69, 9.17) is 12.6 Å². The molecule has 0 atom stereocenters. The van der Waals surface area contributed by atoms with Crippen LogP contribution in [0.3, 0.4) is 0 Å². The smallest absolute Gasteiger partial charge is 0.153 e. The lowest BCUT2D eigenvalue weighted by atomic mass is 9.93. The second kappa shape index (κ2) is 3.95. The molecule has 0 N–H and O–H groups in total. The second-order valence-electron chi connectivity index (χ2n) is 2.32. The van der Waals surface area contributed by atoms with Crippen molar-refractivity contribution in [2.45, 2.75) is 6.92 Å². The molecule has 2 nitrogen and oxygen atoms in total. The van der Waals surface area contributed by atoms with Crippen LogP contribution in [0.25, 0.3) is 0 Å². The minimum Gasteiger partial charge on any atom is -0.494 e. The van der Waals surface area contributed by atoms with Crippen LogP contribution in [-0.2, 0) is 0 Å². The number of ether oxygens (including phenoxy) is 1. The summed E-state index contributed by atoms with van der Waals surface area (Å²) in [4.78, 5) is 10.5. The van der Waals surface area contributed by atoms with E-state index in [9.17, 15) is 4.79 Å². The first-order chi connectivity index (χ1) is 5.79. The second-order valence-corrected chi connectivity index (χ2v) is 2.32. The standard InChI is InChI=1S/C9H9BO2/c1-2-12-9-7(6-11)4-3-5-8(9)10/h3-6H,2H2,1H3. The third-order valence-electron chi connectivity index (χ3n) is 1.49. The van der Waals surface area contributed by atoms with Gasteiger partial charge in [-0.3, -0.25) is 4.79 Å². The van der Waals surface area contributed by atoms with Crippen molar-refractivity contribution in [2.75, 3.05) is 6.61 Å². The fourth-order valence-electron chi connectivity index (χ4n) is 0.977. The first-order valence-corrected chi connectivity index (χ1v) is 3.76. The van der Waals surface area contributed by atoms with Gasteiger partial charge in [-0.2, -0.15) is 0 Å². The van der Waals surface area contributed by atoms with Gasteiger partial charge in [-0.05, 0) is 13.0 Å². The molecule has 0 unspecified atom stereocenters. The number of hydrogen-bond acceptors (Lipinski definition) is 2. The Labute approximate surface area is 73.0 Å². The monoisotopic (exact) mass is 160 g/mol. The lowest BCUT2D eigenvalue weighted by molar-refractivity contribution is 0.112. The van der Waals surface area contributed by atoms with Crippen molar-refractivity contribution in [3.8, 4) is 5.75 Å². The van der Waals surface area contributed by atoms with Crippen LogP contribution in [0.4, 0.5) is 0 Å². The van der Waals surface area contributed by atoms with Crippen molar-refractivity contribution >= 4 is 19.6 Å². The summed E-state index contributed by atoms with van der Waals surface area (Å²) in [6.07, 6.45) is 0.737. The SMILES string of the molecule is [B]c1cccc(C=O)c1OCC. The van der Waals surface area contributed by atoms with Gasteiger partial charge in [-0.25, -0.2) is 0 Å². The van der Waals surface area contributed by atoms with E-state index in [1.165, 1.54) is 0 Å². The van der Waals surface area contributed by atoms with Crippen molar-refractivity contribution in [1.82, 2.24) is 0 Å². The summed E-state index contributed by atoms with van der Waals surface area (Å²) < 4.78 is 5.20. The van der Waals surface area contributed by atoms with Crippen LogP contribution in [0, 0.1) is 0 Å². The maximum atomic E-state index is 10.5. The molecule has 0 saturated carbocycles. The molecule has 0 amide bonds. The first-order valence-electron chi connectivity index (χ1n) is 3.76. The zero-order valence-electron chi connectivity index (χ0n) is 6.91. The Morgan fingerprint density at radius 2 is 2.33 bits per heavy atom. The average Bonchev–Trinajstić information content (AvgIpc) is 2.09. The first kappa shape index (κ1) is 8.85. The van der Waals surface area contributed by atoms with Crippen molar-refractivity contribution in [3.05, 3.63) is 23.8 Å². The van der Waals surface area contributed by atoms with Gasteiger partial charge in [-0.1, -0.05) is 17.6 Å². The van der Waals surface area contributed by atoms with Crippen molar-refractivity contribution in [3.63, 3.8) is 0 Å². The Morgan fingerprint density at radius 1 is 1.58 bits per heavy atom. The molecular formula is C9H9BO2. The molecule has 0 aliphatic carbocycles. The summed E-state index contributed by atoms with van der Waals surface area (Å²) in [6.45, 7) is 2.36. The van der Waals surface area contributed by atoms with Gasteiger partial charge in [-0.15, -0.1) is 0 Å². The van der Waals surface area contributed by atoms with Crippen LogP contribution in [-0.4, -0.2) is 20.7 Å². The molecule has 0 aliphatic rings. The topological polar surface area (TPSA) is 26.3 Å². The third-order valence-corrected chi connectivity index (χ3v) is 1.49. The molecular weight excluding hydrogens is 151 g/mol. The predicted molar refractivity (Wildman–Crippen MR) is 48.4 cm³/mol. The number of carbonyl (C=O) groups excluding carboxylic acids is 1. The highest BCUT2D eigenvalue weighted by Gasteiger charge is 2.03. The molecule has 0 spiro atoms. The summed E-state index contributed by atoms with van der Waals surface area (Å²) >= 11 is 0. The van der Waals surface area contributed by atoms with Crippen molar-refractivity contribution in [2.24, 2.45) is 0 Å². The Bertz CT molecular complexity index is 284. The van der Waals surface area contributed by atoms with Crippen LogP contribution in [0.15, 0.2) is 18.2 Å². The quantitative estimate of drug-likeness (QED) is 0.480. The number of hydrogen-bond donors (Lipinski definition) is 0. The summed E-state index contributed by atoms with van der Waals surface area (Å²) in [7, 11) is 5.60. The van der Waals surface area contributed by atoms with Gasteiger partial charge in [0.2, 0.25) is 0 Å². The van der Waals surface area contributed by atoms with E-state index in [2.05, 4.69) is 0 Å². The van der Waals surface area contributed by atoms with E-state index in [1.54, 1.807) is 18.2 Å². The van der Waals surface area contributed by atoms with E-state index in [0.717, 1.165) is 6.29 Å². The minimum absolute atomic E-state index is 0.481. The van der Waals surface area contributed by atoms with Gasteiger partial charge >= 0.3 is 0 Å². The average molecular weight is 160 g/mol. The molecule has 0 aliphatic heterocycles. The molecule has 0 heterocycles. The highest BCUT2D eigenvalue weighted by Crippen LogP contribution is 2.11. The molecule has 1 rings (SSSR count).